The highest BCUT2D eigenvalue weighted by Crippen LogP contribution is 2.19. The van der Waals surface area contributed by atoms with E-state index in [0.717, 1.165) is 0 Å². The molecule has 122 valence electrons. The Labute approximate surface area is 127 Å². The minimum absolute atomic E-state index is 0.186. The number of carbonyl (C=O) groups excluding carboxylic acids is 2. The molecule has 1 aliphatic heterocycles. The Balaban J connectivity index is 2.57. The molecule has 0 bridgehead atoms. The highest BCUT2D eigenvalue weighted by atomic mass is 16.6. The minimum Gasteiger partial charge on any atom is -0.469 e. The van der Waals surface area contributed by atoms with Crippen LogP contribution in [0, 0.1) is 0 Å². The van der Waals surface area contributed by atoms with Crippen LogP contribution in [0.25, 0.3) is 0 Å². The molecule has 1 rings (SSSR count). The van der Waals surface area contributed by atoms with E-state index in [1.807, 2.05) is 20.8 Å². The summed E-state index contributed by atoms with van der Waals surface area (Å²) in [5.74, 6) is -0.205. The van der Waals surface area contributed by atoms with Gasteiger partial charge in [-0.25, -0.2) is 4.79 Å². The van der Waals surface area contributed by atoms with Crippen LogP contribution in [-0.4, -0.2) is 66.3 Å². The van der Waals surface area contributed by atoms with E-state index in [1.54, 1.807) is 4.90 Å². The molecule has 1 aliphatic rings. The summed E-state index contributed by atoms with van der Waals surface area (Å²) in [7, 11) is 1.40. The summed E-state index contributed by atoms with van der Waals surface area (Å²) < 4.78 is 10.1. The Hall–Kier alpha value is -1.30. The molecule has 6 nitrogen and oxygen atoms in total. The zero-order valence-electron chi connectivity index (χ0n) is 14.0. The minimum atomic E-state index is -0.481. The van der Waals surface area contributed by atoms with Crippen LogP contribution in [0.5, 0.6) is 0 Å². The van der Waals surface area contributed by atoms with Gasteiger partial charge in [0, 0.05) is 31.7 Å². The normalized spacial score (nSPS) is 23.8. The van der Waals surface area contributed by atoms with Crippen molar-refractivity contribution in [2.75, 3.05) is 26.7 Å². The lowest BCUT2D eigenvalue weighted by Crippen LogP contribution is -2.58. The number of piperazine rings is 1. The molecule has 0 radical (unpaired) electrons. The summed E-state index contributed by atoms with van der Waals surface area (Å²) in [5.41, 5.74) is -0.481. The van der Waals surface area contributed by atoms with E-state index in [2.05, 4.69) is 23.5 Å². The Morgan fingerprint density at radius 1 is 1.14 bits per heavy atom. The number of carbonyl (C=O) groups is 2. The molecule has 0 spiro atoms. The molecule has 2 atom stereocenters. The van der Waals surface area contributed by atoms with Crippen LogP contribution in [0.3, 0.4) is 0 Å². The first kappa shape index (κ1) is 17.8. The van der Waals surface area contributed by atoms with Crippen molar-refractivity contribution in [3.05, 3.63) is 0 Å². The molecule has 1 fully saturated rings. The molecular weight excluding hydrogens is 272 g/mol. The lowest BCUT2D eigenvalue weighted by molar-refractivity contribution is -0.141. The third-order valence-electron chi connectivity index (χ3n) is 3.56. The van der Waals surface area contributed by atoms with E-state index < -0.39 is 5.60 Å². The van der Waals surface area contributed by atoms with Crippen LogP contribution in [0.2, 0.25) is 0 Å². The van der Waals surface area contributed by atoms with Gasteiger partial charge >= 0.3 is 12.1 Å². The lowest BCUT2D eigenvalue weighted by Gasteiger charge is -2.44. The fourth-order valence-corrected chi connectivity index (χ4v) is 2.60. The van der Waals surface area contributed by atoms with Crippen LogP contribution in [-0.2, 0) is 14.3 Å². The van der Waals surface area contributed by atoms with E-state index in [1.165, 1.54) is 7.11 Å². The van der Waals surface area contributed by atoms with E-state index >= 15 is 0 Å². The van der Waals surface area contributed by atoms with Gasteiger partial charge in [-0.2, -0.15) is 0 Å². The first-order chi connectivity index (χ1) is 9.64. The monoisotopic (exact) mass is 300 g/mol. The van der Waals surface area contributed by atoms with Crippen molar-refractivity contribution >= 4 is 12.1 Å². The molecule has 1 saturated heterocycles. The fourth-order valence-electron chi connectivity index (χ4n) is 2.60. The summed E-state index contributed by atoms with van der Waals surface area (Å²) in [6.45, 7) is 11.6. The molecule has 0 aromatic rings. The standard InChI is InChI=1S/C15H28N2O4/c1-11-9-16(14(19)21-15(3,4)5)10-12(2)17(11)8-7-13(18)20-6/h11-12H,7-10H2,1-6H3/t11-,12+. The third kappa shape index (κ3) is 5.53. The van der Waals surface area contributed by atoms with Gasteiger partial charge in [-0.05, 0) is 34.6 Å². The van der Waals surface area contributed by atoms with E-state index in [9.17, 15) is 9.59 Å². The maximum atomic E-state index is 12.1. The summed E-state index contributed by atoms with van der Waals surface area (Å²) in [6, 6.07) is 0.372. The van der Waals surface area contributed by atoms with E-state index in [-0.39, 0.29) is 24.1 Å². The van der Waals surface area contributed by atoms with Gasteiger partial charge in [0.25, 0.3) is 0 Å². The summed E-state index contributed by atoms with van der Waals surface area (Å²) in [5, 5.41) is 0. The zero-order chi connectivity index (χ0) is 16.2. The number of esters is 1. The van der Waals surface area contributed by atoms with Gasteiger partial charge in [-0.3, -0.25) is 9.69 Å². The topological polar surface area (TPSA) is 59.1 Å². The Kier molecular flexibility index (Phi) is 6.01. The molecule has 0 aromatic carbocycles. The van der Waals surface area contributed by atoms with Gasteiger partial charge in [-0.15, -0.1) is 0 Å². The van der Waals surface area contributed by atoms with E-state index in [4.69, 9.17) is 4.74 Å². The van der Waals surface area contributed by atoms with Crippen LogP contribution in [0.15, 0.2) is 0 Å². The molecule has 0 unspecified atom stereocenters. The second-order valence-corrected chi connectivity index (χ2v) is 6.65. The average Bonchev–Trinajstić information content (AvgIpc) is 2.35. The van der Waals surface area contributed by atoms with E-state index in [0.29, 0.717) is 26.1 Å². The molecule has 1 heterocycles. The second kappa shape index (κ2) is 7.11. The summed E-state index contributed by atoms with van der Waals surface area (Å²) >= 11 is 0. The molecule has 0 aromatic heterocycles. The second-order valence-electron chi connectivity index (χ2n) is 6.65. The summed E-state index contributed by atoms with van der Waals surface area (Å²) in [4.78, 5) is 27.4. The maximum Gasteiger partial charge on any atom is 0.410 e. The molecular formula is C15H28N2O4. The number of rotatable bonds is 3. The molecule has 0 N–H and O–H groups in total. The Morgan fingerprint density at radius 3 is 2.10 bits per heavy atom. The Morgan fingerprint density at radius 2 is 1.67 bits per heavy atom. The van der Waals surface area contributed by atoms with Crippen molar-refractivity contribution in [3.63, 3.8) is 0 Å². The quantitative estimate of drug-likeness (QED) is 0.745. The van der Waals surface area contributed by atoms with Gasteiger partial charge in [0.1, 0.15) is 5.60 Å². The smallest absolute Gasteiger partial charge is 0.410 e. The van der Waals surface area contributed by atoms with Crippen molar-refractivity contribution in [2.45, 2.75) is 58.7 Å². The molecule has 1 amide bonds. The van der Waals surface area contributed by atoms with Crippen LogP contribution in [0.1, 0.15) is 41.0 Å². The predicted molar refractivity (Wildman–Crippen MR) is 80.1 cm³/mol. The van der Waals surface area contributed by atoms with Crippen molar-refractivity contribution in [1.82, 2.24) is 9.80 Å². The van der Waals surface area contributed by atoms with Crippen molar-refractivity contribution < 1.29 is 19.1 Å². The summed E-state index contributed by atoms with van der Waals surface area (Å²) in [6.07, 6.45) is 0.103. The van der Waals surface area contributed by atoms with Crippen molar-refractivity contribution in [2.24, 2.45) is 0 Å². The van der Waals surface area contributed by atoms with Crippen molar-refractivity contribution in [1.29, 1.82) is 0 Å². The molecule has 0 saturated carbocycles. The number of nitrogens with zero attached hydrogens (tertiary/aromatic N) is 2. The average molecular weight is 300 g/mol. The molecule has 6 heteroatoms. The number of amides is 1. The van der Waals surface area contributed by atoms with Gasteiger partial charge in [0.2, 0.25) is 0 Å². The first-order valence-electron chi connectivity index (χ1n) is 7.44. The van der Waals surface area contributed by atoms with Gasteiger partial charge in [0.15, 0.2) is 0 Å². The van der Waals surface area contributed by atoms with Crippen LogP contribution in [0.4, 0.5) is 4.79 Å². The Bertz CT molecular complexity index is 366. The third-order valence-corrected chi connectivity index (χ3v) is 3.56. The van der Waals surface area contributed by atoms with Gasteiger partial charge in [-0.1, -0.05) is 0 Å². The SMILES string of the molecule is COC(=O)CCN1[C@H](C)CN(C(=O)OC(C)(C)C)C[C@@H]1C. The number of methoxy groups -OCH3 is 1. The molecule has 0 aliphatic carbocycles. The fraction of sp³-hybridized carbons (Fsp3) is 0.867. The van der Waals surface area contributed by atoms with Crippen molar-refractivity contribution in [3.8, 4) is 0 Å². The molecule has 21 heavy (non-hydrogen) atoms. The maximum absolute atomic E-state index is 12.1. The zero-order valence-corrected chi connectivity index (χ0v) is 14.0. The number of hydrogen-bond acceptors (Lipinski definition) is 5. The largest absolute Gasteiger partial charge is 0.469 e. The van der Waals surface area contributed by atoms with Crippen LogP contribution < -0.4 is 0 Å². The van der Waals surface area contributed by atoms with Gasteiger partial charge < -0.3 is 14.4 Å². The predicted octanol–water partition coefficient (Wildman–Crippen LogP) is 1.88. The highest BCUT2D eigenvalue weighted by molar-refractivity contribution is 5.69. The highest BCUT2D eigenvalue weighted by Gasteiger charge is 2.33. The first-order valence-corrected chi connectivity index (χ1v) is 7.44. The lowest BCUT2D eigenvalue weighted by atomic mass is 10.1. The van der Waals surface area contributed by atoms with Crippen LogP contribution >= 0.6 is 0 Å². The van der Waals surface area contributed by atoms with Gasteiger partial charge in [0.05, 0.1) is 13.5 Å². The number of ether oxygens (including phenoxy) is 2. The number of hydrogen-bond donors (Lipinski definition) is 0.